The van der Waals surface area contributed by atoms with Crippen LogP contribution in [-0.2, 0) is 22.5 Å². The largest absolute Gasteiger partial charge is 0.497 e. The maximum Gasteiger partial charge on any atom is 0.335 e. The quantitative estimate of drug-likeness (QED) is 0.190. The van der Waals surface area contributed by atoms with Gasteiger partial charge in [0.15, 0.2) is 17.0 Å². The first-order valence-corrected chi connectivity index (χ1v) is 21.5. The summed E-state index contributed by atoms with van der Waals surface area (Å²) in [6.07, 6.45) is 3.04. The monoisotopic (exact) mass is 711 g/mol. The number of hydrogen-bond donors (Lipinski definition) is 1. The molecule has 14 heteroatoms. The molecule has 5 rings (SSSR count). The van der Waals surface area contributed by atoms with E-state index in [1.807, 2.05) is 11.5 Å². The van der Waals surface area contributed by atoms with Crippen molar-refractivity contribution < 1.29 is 32.0 Å². The van der Waals surface area contributed by atoms with E-state index in [0.29, 0.717) is 35.5 Å². The average Bonchev–Trinajstić information content (AvgIpc) is 3.62. The minimum atomic E-state index is -2.97. The number of ether oxygens (including phenoxy) is 2. The van der Waals surface area contributed by atoms with E-state index < -0.39 is 35.6 Å². The average molecular weight is 712 g/mol. The first kappa shape index (κ1) is 37.2. The van der Waals surface area contributed by atoms with Gasteiger partial charge in [-0.1, -0.05) is 62.3 Å². The van der Waals surface area contributed by atoms with Crippen LogP contribution in [0.1, 0.15) is 98.2 Å². The molecule has 2 aromatic heterocycles. The smallest absolute Gasteiger partial charge is 0.335 e. The van der Waals surface area contributed by atoms with E-state index in [2.05, 4.69) is 75.7 Å². The van der Waals surface area contributed by atoms with Crippen LogP contribution in [0.25, 0.3) is 11.2 Å². The van der Waals surface area contributed by atoms with Gasteiger partial charge in [0, 0.05) is 24.3 Å². The van der Waals surface area contributed by atoms with Gasteiger partial charge in [-0.05, 0) is 52.9 Å². The Labute approximate surface area is 292 Å². The summed E-state index contributed by atoms with van der Waals surface area (Å²) in [7, 11) is -4.19. The summed E-state index contributed by atoms with van der Waals surface area (Å²) in [5.74, 6) is 0.385. The maximum atomic E-state index is 13.4. The number of nitrogens with one attached hydrogen (secondary N) is 1. The topological polar surface area (TPSA) is 136 Å². The van der Waals surface area contributed by atoms with Crippen molar-refractivity contribution in [3.05, 3.63) is 42.5 Å². The highest BCUT2D eigenvalue weighted by molar-refractivity contribution is 6.84. The van der Waals surface area contributed by atoms with Crippen molar-refractivity contribution >= 4 is 45.8 Å². The molecule has 4 atom stereocenters. The van der Waals surface area contributed by atoms with E-state index in [1.165, 1.54) is 6.33 Å². The molecule has 268 valence electrons. The Kier molecular flexibility index (Phi) is 11.5. The van der Waals surface area contributed by atoms with Gasteiger partial charge in [0.25, 0.3) is 5.91 Å². The molecule has 2 aliphatic heterocycles. The first-order chi connectivity index (χ1) is 23.3. The molecule has 4 heterocycles. The number of nitrogens with zero attached hydrogens (tertiary/aromatic N) is 4. The molecular weight excluding hydrogens is 659 g/mol. The number of Topliss-reactive ketones (excluding diaryl/α,β-unsaturated/α-hetero) is 1. The molecule has 1 N–H and O–H groups in total. The Morgan fingerprint density at radius 1 is 0.959 bits per heavy atom. The van der Waals surface area contributed by atoms with Gasteiger partial charge in [-0.15, -0.1) is 0 Å². The molecule has 49 heavy (non-hydrogen) atoms. The summed E-state index contributed by atoms with van der Waals surface area (Å²) in [6.45, 7) is 19.8. The van der Waals surface area contributed by atoms with Crippen molar-refractivity contribution in [3.63, 3.8) is 0 Å². The predicted octanol–water partition coefficient (Wildman–Crippen LogP) is 7.32. The zero-order valence-electron chi connectivity index (χ0n) is 30.6. The second kappa shape index (κ2) is 15.1. The van der Waals surface area contributed by atoms with Crippen LogP contribution < -0.4 is 10.1 Å². The lowest BCUT2D eigenvalue weighted by Crippen LogP contribution is -2.65. The van der Waals surface area contributed by atoms with Gasteiger partial charge in [0.1, 0.15) is 30.2 Å². The number of amides is 1. The molecule has 12 nitrogen and oxygen atoms in total. The molecule has 1 amide bonds. The zero-order valence-corrected chi connectivity index (χ0v) is 32.6. The number of aromatic nitrogens is 4. The maximum absolute atomic E-state index is 13.4. The molecule has 3 aromatic rings. The van der Waals surface area contributed by atoms with Crippen molar-refractivity contribution in [3.8, 4) is 5.75 Å². The third kappa shape index (κ3) is 7.13. The number of fused-ring (bicyclic) bond motifs is 2. The molecular formula is C35H53N5O7Si2. The van der Waals surface area contributed by atoms with E-state index in [-0.39, 0.29) is 52.0 Å². The number of anilines is 1. The summed E-state index contributed by atoms with van der Waals surface area (Å²) in [4.78, 5) is 40.2. The van der Waals surface area contributed by atoms with Gasteiger partial charge < -0.3 is 27.8 Å². The number of rotatable bonds is 12. The van der Waals surface area contributed by atoms with E-state index in [1.54, 1.807) is 37.7 Å². The zero-order chi connectivity index (χ0) is 35.7. The molecule has 0 spiro atoms. The predicted molar refractivity (Wildman–Crippen MR) is 192 cm³/mol. The molecule has 1 aromatic carbocycles. The molecule has 2 fully saturated rings. The van der Waals surface area contributed by atoms with Crippen molar-refractivity contribution in [1.82, 2.24) is 19.5 Å². The fourth-order valence-electron chi connectivity index (χ4n) is 7.42. The van der Waals surface area contributed by atoms with Gasteiger partial charge in [-0.3, -0.25) is 14.2 Å². The lowest BCUT2D eigenvalue weighted by atomic mass is 9.92. The molecule has 0 unspecified atom stereocenters. The van der Waals surface area contributed by atoms with Crippen LogP contribution in [0.5, 0.6) is 5.75 Å². The Morgan fingerprint density at radius 2 is 1.61 bits per heavy atom. The van der Waals surface area contributed by atoms with Gasteiger partial charge in [-0.25, -0.2) is 15.0 Å². The Bertz CT molecular complexity index is 1600. The number of benzene rings is 1. The van der Waals surface area contributed by atoms with Crippen LogP contribution in [0.2, 0.25) is 22.2 Å². The van der Waals surface area contributed by atoms with Crippen molar-refractivity contribution in [2.75, 3.05) is 19.0 Å². The Morgan fingerprint density at radius 3 is 2.20 bits per heavy atom. The van der Waals surface area contributed by atoms with E-state index >= 15 is 0 Å². The van der Waals surface area contributed by atoms with Gasteiger partial charge in [0.2, 0.25) is 0 Å². The minimum Gasteiger partial charge on any atom is -0.497 e. The Balaban J connectivity index is 1.56. The second-order valence-corrected chi connectivity index (χ2v) is 23.4. The molecule has 0 bridgehead atoms. The summed E-state index contributed by atoms with van der Waals surface area (Å²) in [5.41, 5.74) is 1.98. The van der Waals surface area contributed by atoms with E-state index in [0.717, 1.165) is 6.42 Å². The number of carbonyl (C=O) groups excluding carboxylic acids is 2. The highest BCUT2D eigenvalue weighted by atomic mass is 28.5. The molecule has 0 aliphatic carbocycles. The van der Waals surface area contributed by atoms with Crippen LogP contribution in [-0.4, -0.2) is 74.3 Å². The molecule has 0 saturated carbocycles. The number of hydrogen-bond acceptors (Lipinski definition) is 10. The highest BCUT2D eigenvalue weighted by Gasteiger charge is 2.62. The van der Waals surface area contributed by atoms with Crippen LogP contribution >= 0.6 is 0 Å². The highest BCUT2D eigenvalue weighted by Crippen LogP contribution is 2.50. The Hall–Kier alpha value is -3.02. The number of ketones is 1. The summed E-state index contributed by atoms with van der Waals surface area (Å²) in [6, 6.07) is 6.81. The number of methoxy groups -OCH3 is 1. The van der Waals surface area contributed by atoms with Gasteiger partial charge in [-0.2, -0.15) is 0 Å². The van der Waals surface area contributed by atoms with Crippen LogP contribution in [0, 0.1) is 5.92 Å². The number of imidazole rings is 1. The third-order valence-electron chi connectivity index (χ3n) is 10.0. The van der Waals surface area contributed by atoms with E-state index in [4.69, 9.17) is 22.4 Å². The molecule has 2 aliphatic rings. The lowest BCUT2D eigenvalue weighted by Gasteiger charge is -2.51. The van der Waals surface area contributed by atoms with Crippen LogP contribution in [0.15, 0.2) is 36.9 Å². The molecule has 2 saturated heterocycles. The first-order valence-electron chi connectivity index (χ1n) is 17.6. The summed E-state index contributed by atoms with van der Waals surface area (Å²) in [5, 5.41) is 2.88. The summed E-state index contributed by atoms with van der Waals surface area (Å²) < 4.78 is 35.8. The normalized spacial score (nSPS) is 23.6. The van der Waals surface area contributed by atoms with E-state index in [9.17, 15) is 9.59 Å². The van der Waals surface area contributed by atoms with Crippen molar-refractivity contribution in [2.45, 2.75) is 122 Å². The van der Waals surface area contributed by atoms with Crippen molar-refractivity contribution in [2.24, 2.45) is 5.92 Å². The van der Waals surface area contributed by atoms with Gasteiger partial charge >= 0.3 is 17.1 Å². The fourth-order valence-corrected chi connectivity index (χ4v) is 18.7. The lowest BCUT2D eigenvalue weighted by molar-refractivity contribution is -0.121. The SMILES string of the molecule is CCCC(=O)C[C@H]1[C@@H]2O[Si](C(C)C)(C(C)C)O[Si](C(C)C)(C(C)C)OC[C@H]2O[C@H]1n1cnc2c(NC(=O)c3ccc(OC)cc3)ncnc21. The minimum absolute atomic E-state index is 0.129. The third-order valence-corrected chi connectivity index (χ3v) is 20.3. The van der Waals surface area contributed by atoms with Gasteiger partial charge in [0.05, 0.1) is 26.1 Å². The molecule has 0 radical (unpaired) electrons. The van der Waals surface area contributed by atoms with Crippen LogP contribution in [0.3, 0.4) is 0 Å². The second-order valence-electron chi connectivity index (χ2n) is 14.5. The van der Waals surface area contributed by atoms with Crippen molar-refractivity contribution in [1.29, 1.82) is 0 Å². The number of carbonyl (C=O) groups is 2. The van der Waals surface area contributed by atoms with Crippen LogP contribution in [0.4, 0.5) is 5.82 Å². The fraction of sp³-hybridized carbons (Fsp3) is 0.629. The standard InChI is InChI=1S/C35H53N5O7Si2/c1-11-12-26(41)17-28-31-29(18-44-48(21(2)3,22(4)5)47-49(46-31,23(6)7)24(8)9)45-35(28)40-20-38-30-32(36-19-37-33(30)40)39-34(42)25-13-15-27(43-10)16-14-25/h13-16,19-24,28-29,31,35H,11-12,17-18H2,1-10H3,(H,36,37,39,42)/t28-,29+,31-,35+/m0/s1. The summed E-state index contributed by atoms with van der Waals surface area (Å²) >= 11 is 0.